The summed E-state index contributed by atoms with van der Waals surface area (Å²) in [7, 11) is 0. The van der Waals surface area contributed by atoms with Crippen molar-refractivity contribution in [1.29, 1.82) is 0 Å². The smallest absolute Gasteiger partial charge is 0.333 e. The maximum Gasteiger partial charge on any atom is 0.333 e. The average molecular weight is 565 g/mol. The zero-order valence-electron chi connectivity index (χ0n) is 27.2. The maximum atomic E-state index is 11.2. The molecule has 0 heterocycles. The molecule has 0 fully saturated rings. The Kier molecular flexibility index (Phi) is 35.9. The lowest BCUT2D eigenvalue weighted by atomic mass is 10.0. The van der Waals surface area contributed by atoms with E-state index in [2.05, 4.69) is 27.0 Å². The third kappa shape index (κ3) is 36.4. The Hall–Kier alpha value is -1.58. The summed E-state index contributed by atoms with van der Waals surface area (Å²) in [5.41, 5.74) is 0.492. The molecule has 0 unspecified atom stereocenters. The van der Waals surface area contributed by atoms with Gasteiger partial charge in [0.05, 0.1) is 13.2 Å². The zero-order chi connectivity index (χ0) is 29.9. The van der Waals surface area contributed by atoms with Crippen LogP contribution < -0.4 is 0 Å². The SMILES string of the molecule is C=C(C)C(=O)OCCCCCCCCCCCCCCCCC.C=CC(=O)OCCCCCCCCCCCC. The zero-order valence-corrected chi connectivity index (χ0v) is 27.2. The van der Waals surface area contributed by atoms with Crippen molar-refractivity contribution in [2.45, 2.75) is 181 Å². The van der Waals surface area contributed by atoms with Crippen molar-refractivity contribution in [2.24, 2.45) is 0 Å². The van der Waals surface area contributed by atoms with Gasteiger partial charge in [0.25, 0.3) is 0 Å². The van der Waals surface area contributed by atoms with Crippen LogP contribution in [0.5, 0.6) is 0 Å². The molecule has 0 rings (SSSR count). The summed E-state index contributed by atoms with van der Waals surface area (Å²) in [6, 6.07) is 0. The largest absolute Gasteiger partial charge is 0.463 e. The van der Waals surface area contributed by atoms with Gasteiger partial charge in [-0.2, -0.15) is 0 Å². The molecule has 0 aliphatic carbocycles. The van der Waals surface area contributed by atoms with Gasteiger partial charge in [-0.1, -0.05) is 175 Å². The molecule has 0 aromatic rings. The second-order valence-corrected chi connectivity index (χ2v) is 11.4. The van der Waals surface area contributed by atoms with Crippen LogP contribution in [0.1, 0.15) is 181 Å². The predicted octanol–water partition coefficient (Wildman–Crippen LogP) is 11.6. The number of hydrogen-bond donors (Lipinski definition) is 0. The first-order valence-electron chi connectivity index (χ1n) is 17.1. The molecule has 0 saturated heterocycles. The monoisotopic (exact) mass is 565 g/mol. The summed E-state index contributed by atoms with van der Waals surface area (Å²) in [5.74, 6) is -0.559. The highest BCUT2D eigenvalue weighted by atomic mass is 16.5. The quantitative estimate of drug-likeness (QED) is 0.0515. The van der Waals surface area contributed by atoms with Crippen molar-refractivity contribution in [3.05, 3.63) is 24.8 Å². The number of esters is 2. The minimum atomic E-state index is -0.305. The summed E-state index contributed by atoms with van der Waals surface area (Å²) in [5, 5.41) is 0. The molecular formula is C36H68O4. The molecule has 0 bridgehead atoms. The lowest BCUT2D eigenvalue weighted by Gasteiger charge is -2.05. The van der Waals surface area contributed by atoms with Crippen LogP contribution in [0.25, 0.3) is 0 Å². The van der Waals surface area contributed by atoms with Crippen molar-refractivity contribution in [2.75, 3.05) is 13.2 Å². The third-order valence-electron chi connectivity index (χ3n) is 7.24. The molecule has 0 aliphatic heterocycles. The summed E-state index contributed by atoms with van der Waals surface area (Å²) in [6.07, 6.45) is 34.5. The van der Waals surface area contributed by atoms with Crippen molar-refractivity contribution >= 4 is 11.9 Å². The topological polar surface area (TPSA) is 52.6 Å². The van der Waals surface area contributed by atoms with E-state index in [0.717, 1.165) is 12.8 Å². The van der Waals surface area contributed by atoms with E-state index in [1.165, 1.54) is 154 Å². The molecule has 0 spiro atoms. The lowest BCUT2D eigenvalue weighted by molar-refractivity contribution is -0.139. The summed E-state index contributed by atoms with van der Waals surface area (Å²) in [4.78, 5) is 21.9. The fraction of sp³-hybridized carbons (Fsp3) is 0.833. The highest BCUT2D eigenvalue weighted by Gasteiger charge is 2.02. The Morgan fingerprint density at radius 3 is 1.05 bits per heavy atom. The summed E-state index contributed by atoms with van der Waals surface area (Å²) < 4.78 is 9.98. The van der Waals surface area contributed by atoms with Gasteiger partial charge in [0, 0.05) is 11.6 Å². The predicted molar refractivity (Wildman–Crippen MR) is 174 cm³/mol. The Morgan fingerprint density at radius 2 is 0.775 bits per heavy atom. The van der Waals surface area contributed by atoms with Gasteiger partial charge < -0.3 is 9.47 Å². The van der Waals surface area contributed by atoms with Crippen molar-refractivity contribution in [1.82, 2.24) is 0 Å². The molecule has 4 heteroatoms. The van der Waals surface area contributed by atoms with Gasteiger partial charge in [-0.3, -0.25) is 0 Å². The molecule has 0 saturated carbocycles. The van der Waals surface area contributed by atoms with Gasteiger partial charge in [-0.05, 0) is 19.8 Å². The van der Waals surface area contributed by atoms with Gasteiger partial charge in [-0.25, -0.2) is 9.59 Å². The first kappa shape index (κ1) is 40.6. The van der Waals surface area contributed by atoms with Gasteiger partial charge in [0.15, 0.2) is 0 Å². The third-order valence-corrected chi connectivity index (χ3v) is 7.24. The molecule has 0 aromatic heterocycles. The van der Waals surface area contributed by atoms with Crippen LogP contribution in [0, 0.1) is 0 Å². The molecule has 0 aliphatic rings. The van der Waals surface area contributed by atoms with Crippen LogP contribution in [0.3, 0.4) is 0 Å². The fourth-order valence-corrected chi connectivity index (χ4v) is 4.58. The maximum absolute atomic E-state index is 11.2. The minimum absolute atomic E-state index is 0.254. The Morgan fingerprint density at radius 1 is 0.500 bits per heavy atom. The molecule has 236 valence electrons. The number of rotatable bonds is 29. The molecule has 4 nitrogen and oxygen atoms in total. The van der Waals surface area contributed by atoms with Gasteiger partial charge in [0.1, 0.15) is 0 Å². The first-order chi connectivity index (χ1) is 19.5. The van der Waals surface area contributed by atoms with Crippen LogP contribution in [0.2, 0.25) is 0 Å². The van der Waals surface area contributed by atoms with Crippen LogP contribution in [-0.4, -0.2) is 25.2 Å². The van der Waals surface area contributed by atoms with E-state index in [-0.39, 0.29) is 11.9 Å². The highest BCUT2D eigenvalue weighted by Crippen LogP contribution is 2.13. The Balaban J connectivity index is 0. The van der Waals surface area contributed by atoms with Crippen molar-refractivity contribution in [3.8, 4) is 0 Å². The lowest BCUT2D eigenvalue weighted by Crippen LogP contribution is -2.05. The van der Waals surface area contributed by atoms with Crippen LogP contribution in [0.4, 0.5) is 0 Å². The van der Waals surface area contributed by atoms with Crippen LogP contribution >= 0.6 is 0 Å². The second-order valence-electron chi connectivity index (χ2n) is 11.4. The van der Waals surface area contributed by atoms with E-state index in [4.69, 9.17) is 9.47 Å². The number of carbonyl (C=O) groups is 2. The molecule has 0 aromatic carbocycles. The van der Waals surface area contributed by atoms with E-state index >= 15 is 0 Å². The highest BCUT2D eigenvalue weighted by molar-refractivity contribution is 5.86. The molecular weight excluding hydrogens is 496 g/mol. The van der Waals surface area contributed by atoms with E-state index < -0.39 is 0 Å². The van der Waals surface area contributed by atoms with Crippen molar-refractivity contribution in [3.63, 3.8) is 0 Å². The molecule has 0 N–H and O–H groups in total. The average Bonchev–Trinajstić information content (AvgIpc) is 2.95. The standard InChI is InChI=1S/C21H40O2.C15H28O2/c1-4-5-6-7-8-9-10-11-12-13-14-15-16-17-18-19-23-21(22)20(2)3;1-3-5-6-7-8-9-10-11-12-13-14-17-15(16)4-2/h2,4-19H2,1,3H3;4H,2-3,5-14H2,1H3. The number of ether oxygens (including phenoxy) is 2. The van der Waals surface area contributed by atoms with Gasteiger partial charge in [-0.15, -0.1) is 0 Å². The molecule has 40 heavy (non-hydrogen) atoms. The number of carbonyl (C=O) groups excluding carboxylic acids is 2. The number of unbranched alkanes of at least 4 members (excludes halogenated alkanes) is 23. The Labute approximate surface area is 250 Å². The summed E-state index contributed by atoms with van der Waals surface area (Å²) >= 11 is 0. The van der Waals surface area contributed by atoms with E-state index in [0.29, 0.717) is 18.8 Å². The van der Waals surface area contributed by atoms with E-state index in [9.17, 15) is 9.59 Å². The van der Waals surface area contributed by atoms with E-state index in [1.807, 2.05) is 0 Å². The van der Waals surface area contributed by atoms with Crippen molar-refractivity contribution < 1.29 is 19.1 Å². The van der Waals surface area contributed by atoms with Crippen LogP contribution in [0.15, 0.2) is 24.8 Å². The van der Waals surface area contributed by atoms with Crippen LogP contribution in [-0.2, 0) is 19.1 Å². The first-order valence-corrected chi connectivity index (χ1v) is 17.1. The Bertz CT molecular complexity index is 569. The fourth-order valence-electron chi connectivity index (χ4n) is 4.58. The molecule has 0 radical (unpaired) electrons. The molecule has 0 atom stereocenters. The molecule has 0 amide bonds. The normalized spacial score (nSPS) is 10.5. The summed E-state index contributed by atoms with van der Waals surface area (Å²) in [6.45, 7) is 14.2. The van der Waals surface area contributed by atoms with Gasteiger partial charge >= 0.3 is 11.9 Å². The van der Waals surface area contributed by atoms with Gasteiger partial charge in [0.2, 0.25) is 0 Å². The number of hydrogen-bond acceptors (Lipinski definition) is 4. The minimum Gasteiger partial charge on any atom is -0.463 e. The second kappa shape index (κ2) is 35.4. The van der Waals surface area contributed by atoms with E-state index in [1.54, 1.807) is 6.92 Å².